The van der Waals surface area contributed by atoms with E-state index in [1.807, 2.05) is 44.5 Å². The molecule has 0 saturated heterocycles. The first-order chi connectivity index (χ1) is 9.15. The van der Waals surface area contributed by atoms with Gasteiger partial charge in [0.05, 0.1) is 0 Å². The van der Waals surface area contributed by atoms with Crippen LogP contribution in [0, 0.1) is 13.8 Å². The lowest BCUT2D eigenvalue weighted by Gasteiger charge is -2.15. The Bertz CT molecular complexity index is 509. The molecule has 0 aliphatic carbocycles. The Labute approximate surface area is 114 Å². The van der Waals surface area contributed by atoms with Crippen LogP contribution in [0.15, 0.2) is 47.1 Å². The highest BCUT2D eigenvalue weighted by molar-refractivity contribution is 5.61. The van der Waals surface area contributed by atoms with Gasteiger partial charge in [0.25, 0.3) is 0 Å². The zero-order valence-electron chi connectivity index (χ0n) is 11.4. The predicted octanol–water partition coefficient (Wildman–Crippen LogP) is 2.80. The molecule has 1 unspecified atom stereocenters. The second-order valence-corrected chi connectivity index (χ2v) is 4.88. The van der Waals surface area contributed by atoms with Crippen LogP contribution in [-0.4, -0.2) is 17.9 Å². The van der Waals surface area contributed by atoms with Gasteiger partial charge < -0.3 is 5.11 Å². The van der Waals surface area contributed by atoms with Gasteiger partial charge in [0.1, 0.15) is 6.23 Å². The summed E-state index contributed by atoms with van der Waals surface area (Å²) in [6.07, 6.45) is 8.00. The molecule has 0 aromatic heterocycles. The third-order valence-corrected chi connectivity index (χ3v) is 2.98. The SMILES string of the molecule is Cc1cc(C)cc(C(O)NCC2=CN=CCC=C2)c1. The van der Waals surface area contributed by atoms with Crippen molar-refractivity contribution < 1.29 is 5.11 Å². The fourth-order valence-corrected chi connectivity index (χ4v) is 2.14. The normalized spacial score (nSPS) is 16.1. The lowest BCUT2D eigenvalue weighted by atomic mass is 10.1. The summed E-state index contributed by atoms with van der Waals surface area (Å²) in [5.74, 6) is 0. The van der Waals surface area contributed by atoms with Crippen LogP contribution in [0.3, 0.4) is 0 Å². The van der Waals surface area contributed by atoms with Crippen molar-refractivity contribution in [2.75, 3.05) is 6.54 Å². The average Bonchev–Trinajstić information content (AvgIpc) is 2.63. The van der Waals surface area contributed by atoms with Gasteiger partial charge in [0.2, 0.25) is 0 Å². The highest BCUT2D eigenvalue weighted by Crippen LogP contribution is 2.15. The Morgan fingerprint density at radius 1 is 1.26 bits per heavy atom. The zero-order chi connectivity index (χ0) is 13.7. The molecule has 1 aromatic rings. The average molecular weight is 256 g/mol. The van der Waals surface area contributed by atoms with Crippen LogP contribution in [0.5, 0.6) is 0 Å². The molecular weight excluding hydrogens is 236 g/mol. The number of aliphatic hydroxyl groups excluding tert-OH is 1. The van der Waals surface area contributed by atoms with Gasteiger partial charge in [-0.05, 0) is 25.0 Å². The molecule has 0 bridgehead atoms. The van der Waals surface area contributed by atoms with Crippen LogP contribution in [0.25, 0.3) is 0 Å². The van der Waals surface area contributed by atoms with E-state index < -0.39 is 6.23 Å². The Balaban J connectivity index is 1.99. The molecule has 3 nitrogen and oxygen atoms in total. The number of hydrogen-bond donors (Lipinski definition) is 2. The van der Waals surface area contributed by atoms with E-state index in [9.17, 15) is 5.11 Å². The van der Waals surface area contributed by atoms with Gasteiger partial charge in [-0.2, -0.15) is 0 Å². The van der Waals surface area contributed by atoms with Crippen molar-refractivity contribution >= 4 is 6.21 Å². The Hall–Kier alpha value is -1.71. The molecule has 0 spiro atoms. The first kappa shape index (κ1) is 13.7. The Kier molecular flexibility index (Phi) is 4.66. The summed E-state index contributed by atoms with van der Waals surface area (Å²) >= 11 is 0. The first-order valence-electron chi connectivity index (χ1n) is 6.52. The molecular formula is C16H20N2O. The molecule has 2 rings (SSSR count). The quantitative estimate of drug-likeness (QED) is 0.814. The number of aryl methyl sites for hydroxylation is 2. The molecule has 1 aromatic carbocycles. The van der Waals surface area contributed by atoms with Crippen molar-refractivity contribution in [1.29, 1.82) is 0 Å². The third-order valence-electron chi connectivity index (χ3n) is 2.98. The summed E-state index contributed by atoms with van der Waals surface area (Å²) in [6.45, 7) is 4.67. The van der Waals surface area contributed by atoms with E-state index in [1.165, 1.54) is 0 Å². The van der Waals surface area contributed by atoms with Gasteiger partial charge >= 0.3 is 0 Å². The molecule has 1 heterocycles. The van der Waals surface area contributed by atoms with Crippen LogP contribution in [0.2, 0.25) is 0 Å². The van der Waals surface area contributed by atoms with Crippen molar-refractivity contribution in [2.24, 2.45) is 4.99 Å². The second-order valence-electron chi connectivity index (χ2n) is 4.88. The maximum Gasteiger partial charge on any atom is 0.131 e. The molecule has 0 fully saturated rings. The standard InChI is InChI=1S/C16H20N2O/c1-12-7-13(2)9-15(8-12)16(19)18-11-14-5-3-4-6-17-10-14/h3,5-10,16,18-19H,4,11H2,1-2H3. The topological polar surface area (TPSA) is 44.6 Å². The molecule has 1 aliphatic heterocycles. The van der Waals surface area contributed by atoms with E-state index in [0.717, 1.165) is 28.7 Å². The molecule has 0 radical (unpaired) electrons. The maximum absolute atomic E-state index is 10.2. The van der Waals surface area contributed by atoms with Gasteiger partial charge in [0, 0.05) is 25.4 Å². The monoisotopic (exact) mass is 256 g/mol. The summed E-state index contributed by atoms with van der Waals surface area (Å²) in [7, 11) is 0. The van der Waals surface area contributed by atoms with E-state index in [-0.39, 0.29) is 0 Å². The minimum atomic E-state index is -0.653. The van der Waals surface area contributed by atoms with Gasteiger partial charge in [0.15, 0.2) is 0 Å². The van der Waals surface area contributed by atoms with Crippen molar-refractivity contribution in [2.45, 2.75) is 26.5 Å². The van der Waals surface area contributed by atoms with Gasteiger partial charge in [-0.3, -0.25) is 10.3 Å². The van der Waals surface area contributed by atoms with E-state index in [4.69, 9.17) is 0 Å². The predicted molar refractivity (Wildman–Crippen MR) is 79.2 cm³/mol. The van der Waals surface area contributed by atoms with E-state index >= 15 is 0 Å². The number of aliphatic hydroxyl groups is 1. The number of benzene rings is 1. The lowest BCUT2D eigenvalue weighted by molar-refractivity contribution is 0.143. The minimum absolute atomic E-state index is 0.599. The largest absolute Gasteiger partial charge is 0.374 e. The van der Waals surface area contributed by atoms with Crippen molar-refractivity contribution in [3.63, 3.8) is 0 Å². The maximum atomic E-state index is 10.2. The van der Waals surface area contributed by atoms with Crippen LogP contribution >= 0.6 is 0 Å². The fourth-order valence-electron chi connectivity index (χ4n) is 2.14. The fraction of sp³-hybridized carbons (Fsp3) is 0.312. The second kappa shape index (κ2) is 6.45. The van der Waals surface area contributed by atoms with Crippen LogP contribution in [0.4, 0.5) is 0 Å². The number of nitrogens with zero attached hydrogens (tertiary/aromatic N) is 1. The number of rotatable bonds is 4. The molecule has 19 heavy (non-hydrogen) atoms. The molecule has 2 N–H and O–H groups in total. The summed E-state index contributed by atoms with van der Waals surface area (Å²) in [4.78, 5) is 4.16. The zero-order valence-corrected chi connectivity index (χ0v) is 11.4. The number of allylic oxidation sites excluding steroid dienone is 1. The molecule has 0 amide bonds. The van der Waals surface area contributed by atoms with Gasteiger partial charge in [-0.15, -0.1) is 0 Å². The van der Waals surface area contributed by atoms with Crippen LogP contribution in [0.1, 0.15) is 29.3 Å². The van der Waals surface area contributed by atoms with E-state index in [1.54, 1.807) is 0 Å². The molecule has 100 valence electrons. The van der Waals surface area contributed by atoms with E-state index in [0.29, 0.717) is 6.54 Å². The molecule has 0 saturated carbocycles. The Morgan fingerprint density at radius 3 is 2.74 bits per heavy atom. The number of aliphatic imine (C=N–C) groups is 1. The van der Waals surface area contributed by atoms with E-state index in [2.05, 4.69) is 22.5 Å². The Morgan fingerprint density at radius 2 is 2.00 bits per heavy atom. The van der Waals surface area contributed by atoms with Crippen molar-refractivity contribution in [1.82, 2.24) is 5.32 Å². The highest BCUT2D eigenvalue weighted by Gasteiger charge is 2.08. The molecule has 3 heteroatoms. The first-order valence-corrected chi connectivity index (χ1v) is 6.52. The van der Waals surface area contributed by atoms with Gasteiger partial charge in [-0.1, -0.05) is 41.5 Å². The number of hydrogen-bond acceptors (Lipinski definition) is 3. The lowest BCUT2D eigenvalue weighted by Crippen LogP contribution is -2.23. The molecule has 1 atom stereocenters. The third kappa shape index (κ3) is 4.16. The smallest absolute Gasteiger partial charge is 0.131 e. The minimum Gasteiger partial charge on any atom is -0.374 e. The van der Waals surface area contributed by atoms with Crippen molar-refractivity contribution in [3.05, 3.63) is 58.8 Å². The molecule has 1 aliphatic rings. The summed E-state index contributed by atoms with van der Waals surface area (Å²) in [6, 6.07) is 6.10. The summed E-state index contributed by atoms with van der Waals surface area (Å²) < 4.78 is 0. The summed E-state index contributed by atoms with van der Waals surface area (Å²) in [5.41, 5.74) is 4.29. The van der Waals surface area contributed by atoms with Crippen LogP contribution in [-0.2, 0) is 0 Å². The van der Waals surface area contributed by atoms with Crippen LogP contribution < -0.4 is 5.32 Å². The van der Waals surface area contributed by atoms with Gasteiger partial charge in [-0.25, -0.2) is 0 Å². The van der Waals surface area contributed by atoms with Crippen molar-refractivity contribution in [3.8, 4) is 0 Å². The summed E-state index contributed by atoms with van der Waals surface area (Å²) in [5, 5.41) is 13.3. The number of nitrogens with one attached hydrogen (secondary N) is 1. The highest BCUT2D eigenvalue weighted by atomic mass is 16.3.